The van der Waals surface area contributed by atoms with Crippen molar-refractivity contribution >= 4 is 39.6 Å². The minimum absolute atomic E-state index is 0.254. The number of nitrogens with one attached hydrogen (secondary N) is 3. The highest BCUT2D eigenvalue weighted by molar-refractivity contribution is 7.14. The van der Waals surface area contributed by atoms with E-state index in [1.165, 1.54) is 11.3 Å². The van der Waals surface area contributed by atoms with E-state index < -0.39 is 18.8 Å². The molecule has 3 amide bonds. The fourth-order valence-corrected chi connectivity index (χ4v) is 3.59. The molecule has 3 aromatic heterocycles. The number of nitrogens with zero attached hydrogens (tertiary/aromatic N) is 2. The van der Waals surface area contributed by atoms with E-state index in [0.29, 0.717) is 28.2 Å². The molecule has 7 nitrogen and oxygen atoms in total. The average Bonchev–Trinajstić information content (AvgIpc) is 3.41. The van der Waals surface area contributed by atoms with Gasteiger partial charge >= 0.3 is 12.2 Å². The predicted octanol–water partition coefficient (Wildman–Crippen LogP) is 5.00. The number of imidazole rings is 1. The van der Waals surface area contributed by atoms with E-state index in [1.807, 2.05) is 11.4 Å². The largest absolute Gasteiger partial charge is 0.405 e. The maximum atomic E-state index is 12.4. The van der Waals surface area contributed by atoms with E-state index in [2.05, 4.69) is 15.6 Å². The standard InChI is InChI=1S/C21H16F3N5O2S/c22-21(23,24)12-26-20(31)27-15-4-1-3-13(9-15)16-11-25-17-10-14(6-7-29(16)17)19(30)28-18-5-2-8-32-18/h1-11H,12H2,(H,28,30)(H2,26,27,31). The van der Waals surface area contributed by atoms with Crippen LogP contribution in [0.5, 0.6) is 0 Å². The number of benzene rings is 1. The molecular weight excluding hydrogens is 443 g/mol. The van der Waals surface area contributed by atoms with Gasteiger partial charge in [0.25, 0.3) is 5.91 Å². The number of fused-ring (bicyclic) bond motifs is 1. The lowest BCUT2D eigenvalue weighted by Gasteiger charge is -2.11. The molecule has 0 saturated heterocycles. The van der Waals surface area contributed by atoms with Crippen molar-refractivity contribution < 1.29 is 22.8 Å². The fourth-order valence-electron chi connectivity index (χ4n) is 2.98. The molecule has 0 atom stereocenters. The monoisotopic (exact) mass is 459 g/mol. The first kappa shape index (κ1) is 21.4. The fraction of sp³-hybridized carbons (Fsp3) is 0.0952. The van der Waals surface area contributed by atoms with Gasteiger partial charge in [0, 0.05) is 23.0 Å². The van der Waals surface area contributed by atoms with Crippen LogP contribution in [0.25, 0.3) is 16.9 Å². The van der Waals surface area contributed by atoms with E-state index in [1.54, 1.807) is 64.6 Å². The Morgan fingerprint density at radius 2 is 1.91 bits per heavy atom. The zero-order chi connectivity index (χ0) is 22.7. The Balaban J connectivity index is 1.52. The first-order valence-corrected chi connectivity index (χ1v) is 10.2. The summed E-state index contributed by atoms with van der Waals surface area (Å²) < 4.78 is 38.5. The third kappa shape index (κ3) is 5.06. The summed E-state index contributed by atoms with van der Waals surface area (Å²) in [5.41, 5.74) is 2.68. The third-order valence-corrected chi connectivity index (χ3v) is 5.18. The summed E-state index contributed by atoms with van der Waals surface area (Å²) in [4.78, 5) is 28.5. The lowest BCUT2D eigenvalue weighted by molar-refractivity contribution is -0.122. The summed E-state index contributed by atoms with van der Waals surface area (Å²) in [6.45, 7) is -1.42. The van der Waals surface area contributed by atoms with Crippen molar-refractivity contribution in [2.75, 3.05) is 17.2 Å². The predicted molar refractivity (Wildman–Crippen MR) is 116 cm³/mol. The summed E-state index contributed by atoms with van der Waals surface area (Å²) >= 11 is 1.42. The smallest absolute Gasteiger partial charge is 0.329 e. The Hall–Kier alpha value is -3.86. The van der Waals surface area contributed by atoms with Crippen LogP contribution in [0.1, 0.15) is 10.4 Å². The van der Waals surface area contributed by atoms with Crippen molar-refractivity contribution in [3.05, 3.63) is 71.9 Å². The van der Waals surface area contributed by atoms with Crippen LogP contribution in [0.4, 0.5) is 28.7 Å². The highest BCUT2D eigenvalue weighted by Gasteiger charge is 2.27. The lowest BCUT2D eigenvalue weighted by Crippen LogP contribution is -2.36. The normalized spacial score (nSPS) is 11.3. The van der Waals surface area contributed by atoms with Gasteiger partial charge in [0.05, 0.1) is 16.9 Å². The maximum Gasteiger partial charge on any atom is 0.405 e. The van der Waals surface area contributed by atoms with Gasteiger partial charge < -0.3 is 16.0 Å². The van der Waals surface area contributed by atoms with Crippen molar-refractivity contribution in [1.82, 2.24) is 14.7 Å². The second-order valence-corrected chi connectivity index (χ2v) is 7.67. The van der Waals surface area contributed by atoms with E-state index in [0.717, 1.165) is 5.00 Å². The first-order valence-electron chi connectivity index (χ1n) is 9.32. The number of thiophene rings is 1. The number of amides is 3. The van der Waals surface area contributed by atoms with Gasteiger partial charge in [0.1, 0.15) is 12.2 Å². The molecule has 0 spiro atoms. The quantitative estimate of drug-likeness (QED) is 0.393. The number of urea groups is 1. The summed E-state index contributed by atoms with van der Waals surface area (Å²) in [5, 5.41) is 9.55. The minimum Gasteiger partial charge on any atom is -0.329 e. The molecule has 4 rings (SSSR count). The number of pyridine rings is 1. The van der Waals surface area contributed by atoms with Crippen molar-refractivity contribution in [3.8, 4) is 11.3 Å². The van der Waals surface area contributed by atoms with Crippen LogP contribution in [0.2, 0.25) is 0 Å². The van der Waals surface area contributed by atoms with Crippen molar-refractivity contribution in [1.29, 1.82) is 0 Å². The Morgan fingerprint density at radius 3 is 2.66 bits per heavy atom. The van der Waals surface area contributed by atoms with Gasteiger partial charge in [-0.1, -0.05) is 12.1 Å². The number of alkyl halides is 3. The topological polar surface area (TPSA) is 87.5 Å². The third-order valence-electron chi connectivity index (χ3n) is 4.40. The van der Waals surface area contributed by atoms with E-state index in [-0.39, 0.29) is 5.91 Å². The van der Waals surface area contributed by atoms with E-state index >= 15 is 0 Å². The van der Waals surface area contributed by atoms with Gasteiger partial charge in [-0.05, 0) is 41.8 Å². The molecule has 0 aliphatic carbocycles. The molecule has 1 aromatic carbocycles. The lowest BCUT2D eigenvalue weighted by atomic mass is 10.1. The second-order valence-electron chi connectivity index (χ2n) is 6.72. The van der Waals surface area contributed by atoms with Crippen molar-refractivity contribution in [3.63, 3.8) is 0 Å². The molecule has 0 saturated carbocycles. The molecule has 0 unspecified atom stereocenters. The summed E-state index contributed by atoms with van der Waals surface area (Å²) in [6, 6.07) is 12.6. The van der Waals surface area contributed by atoms with E-state index in [9.17, 15) is 22.8 Å². The Bertz CT molecular complexity index is 1270. The molecule has 11 heteroatoms. The molecule has 0 bridgehead atoms. The Morgan fingerprint density at radius 1 is 1.06 bits per heavy atom. The molecule has 32 heavy (non-hydrogen) atoms. The first-order chi connectivity index (χ1) is 15.3. The second kappa shape index (κ2) is 8.71. The minimum atomic E-state index is -4.49. The molecule has 4 aromatic rings. The van der Waals surface area contributed by atoms with Crippen molar-refractivity contribution in [2.45, 2.75) is 6.18 Å². The van der Waals surface area contributed by atoms with Crippen LogP contribution in [0.3, 0.4) is 0 Å². The zero-order valence-corrected chi connectivity index (χ0v) is 17.1. The van der Waals surface area contributed by atoms with Crippen LogP contribution in [0.15, 0.2) is 66.3 Å². The van der Waals surface area contributed by atoms with Gasteiger partial charge in [0.2, 0.25) is 0 Å². The van der Waals surface area contributed by atoms with Crippen LogP contribution < -0.4 is 16.0 Å². The van der Waals surface area contributed by atoms with Gasteiger partial charge in [0.15, 0.2) is 0 Å². The number of carbonyl (C=O) groups excluding carboxylic acids is 2. The summed E-state index contributed by atoms with van der Waals surface area (Å²) in [5.74, 6) is -0.254. The number of aromatic nitrogens is 2. The molecule has 164 valence electrons. The van der Waals surface area contributed by atoms with Gasteiger partial charge in [-0.15, -0.1) is 11.3 Å². The molecular formula is C21H16F3N5O2S. The number of rotatable bonds is 5. The molecule has 0 radical (unpaired) electrons. The van der Waals surface area contributed by atoms with E-state index in [4.69, 9.17) is 0 Å². The average molecular weight is 459 g/mol. The highest BCUT2D eigenvalue weighted by atomic mass is 32.1. The van der Waals surface area contributed by atoms with Gasteiger partial charge in [-0.25, -0.2) is 9.78 Å². The number of hydrogen-bond acceptors (Lipinski definition) is 4. The number of anilines is 2. The molecule has 0 aliphatic rings. The molecule has 0 fully saturated rings. The molecule has 3 N–H and O–H groups in total. The number of hydrogen-bond donors (Lipinski definition) is 3. The number of carbonyl (C=O) groups is 2. The summed E-state index contributed by atoms with van der Waals surface area (Å²) in [6.07, 6.45) is -1.18. The molecule has 0 aliphatic heterocycles. The van der Waals surface area contributed by atoms with Gasteiger partial charge in [-0.2, -0.15) is 13.2 Å². The molecule has 3 heterocycles. The van der Waals surface area contributed by atoms with Crippen LogP contribution in [0, 0.1) is 0 Å². The summed E-state index contributed by atoms with van der Waals surface area (Å²) in [7, 11) is 0. The van der Waals surface area contributed by atoms with Gasteiger partial charge in [-0.3, -0.25) is 9.20 Å². The Labute approximate surface area is 183 Å². The highest BCUT2D eigenvalue weighted by Crippen LogP contribution is 2.25. The van der Waals surface area contributed by atoms with Crippen molar-refractivity contribution in [2.24, 2.45) is 0 Å². The van der Waals surface area contributed by atoms with Crippen LogP contribution in [-0.4, -0.2) is 34.0 Å². The van der Waals surface area contributed by atoms with Crippen LogP contribution in [-0.2, 0) is 0 Å². The maximum absolute atomic E-state index is 12.4. The van der Waals surface area contributed by atoms with Crippen LogP contribution >= 0.6 is 11.3 Å². The zero-order valence-electron chi connectivity index (χ0n) is 16.3. The number of halogens is 3. The Kier molecular flexibility index (Phi) is 5.82. The SMILES string of the molecule is O=C(NCC(F)(F)F)Nc1cccc(-c2cnc3cc(C(=O)Nc4cccs4)ccn23)c1.